The smallest absolute Gasteiger partial charge is 0.236 e. The van der Waals surface area contributed by atoms with Crippen LogP contribution in [0, 0.1) is 0 Å². The van der Waals surface area contributed by atoms with Gasteiger partial charge in [-0.2, -0.15) is 0 Å². The minimum Gasteiger partial charge on any atom is -0.494 e. The molecule has 0 radical (unpaired) electrons. The molecule has 1 aromatic carbocycles. The molecule has 0 spiro atoms. The van der Waals surface area contributed by atoms with Crippen LogP contribution in [0.25, 0.3) is 0 Å². The van der Waals surface area contributed by atoms with E-state index in [4.69, 9.17) is 9.47 Å². The minimum atomic E-state index is 0.0485. The average Bonchev–Trinajstić information content (AvgIpc) is 2.45. The molecule has 5 heteroatoms. The van der Waals surface area contributed by atoms with Gasteiger partial charge in [-0.15, -0.1) is 0 Å². The molecule has 0 unspecified atom stereocenters. The Labute approximate surface area is 120 Å². The number of nitrogens with zero attached hydrogens (tertiary/aromatic N) is 1. The molecule has 0 saturated carbocycles. The Kier molecular flexibility index (Phi) is 7.69. The molecule has 0 heterocycles. The average molecular weight is 280 g/mol. The molecule has 0 fully saturated rings. The topological polar surface area (TPSA) is 50.8 Å². The lowest BCUT2D eigenvalue weighted by Crippen LogP contribution is -2.36. The highest BCUT2D eigenvalue weighted by molar-refractivity contribution is 5.78. The number of nitrogens with one attached hydrogen (secondary N) is 1. The van der Waals surface area contributed by atoms with Crippen molar-refractivity contribution in [2.75, 3.05) is 40.5 Å². The maximum Gasteiger partial charge on any atom is 0.236 e. The van der Waals surface area contributed by atoms with Crippen molar-refractivity contribution in [3.05, 3.63) is 29.8 Å². The van der Waals surface area contributed by atoms with Crippen LogP contribution in [0.4, 0.5) is 0 Å². The van der Waals surface area contributed by atoms with E-state index in [9.17, 15) is 4.79 Å². The summed E-state index contributed by atoms with van der Waals surface area (Å²) in [5.41, 5.74) is 1.02. The number of hydrogen-bond acceptors (Lipinski definition) is 4. The van der Waals surface area contributed by atoms with Gasteiger partial charge >= 0.3 is 0 Å². The molecule has 0 aromatic heterocycles. The second-order valence-electron chi connectivity index (χ2n) is 4.46. The van der Waals surface area contributed by atoms with Crippen LogP contribution in [-0.4, -0.2) is 51.3 Å². The number of carbonyl (C=O) groups is 1. The second kappa shape index (κ2) is 9.34. The van der Waals surface area contributed by atoms with Crippen LogP contribution in [0.3, 0.4) is 0 Å². The summed E-state index contributed by atoms with van der Waals surface area (Å²) < 4.78 is 10.5. The fourth-order valence-electron chi connectivity index (χ4n) is 1.78. The van der Waals surface area contributed by atoms with E-state index in [1.54, 1.807) is 19.1 Å². The van der Waals surface area contributed by atoms with E-state index in [1.807, 2.05) is 31.2 Å². The molecule has 0 aliphatic carbocycles. The number of methoxy groups -OCH3 is 1. The number of benzene rings is 1. The Morgan fingerprint density at radius 3 is 2.80 bits per heavy atom. The maximum absolute atomic E-state index is 12.0. The molecule has 1 amide bonds. The van der Waals surface area contributed by atoms with E-state index in [1.165, 1.54) is 0 Å². The van der Waals surface area contributed by atoms with Gasteiger partial charge in [-0.1, -0.05) is 18.2 Å². The van der Waals surface area contributed by atoms with E-state index < -0.39 is 0 Å². The highest BCUT2D eigenvalue weighted by Crippen LogP contribution is 2.19. The summed E-state index contributed by atoms with van der Waals surface area (Å²) in [4.78, 5) is 13.7. The number of rotatable bonds is 9. The van der Waals surface area contributed by atoms with Crippen LogP contribution in [0.5, 0.6) is 5.75 Å². The number of ether oxygens (including phenoxy) is 2. The molecule has 0 aliphatic rings. The van der Waals surface area contributed by atoms with E-state index in [-0.39, 0.29) is 5.91 Å². The zero-order chi connectivity index (χ0) is 14.8. The van der Waals surface area contributed by atoms with Gasteiger partial charge in [-0.05, 0) is 13.0 Å². The Morgan fingerprint density at radius 1 is 1.35 bits per heavy atom. The molecule has 112 valence electrons. The zero-order valence-electron chi connectivity index (χ0n) is 12.5. The number of hydrogen-bond donors (Lipinski definition) is 1. The summed E-state index contributed by atoms with van der Waals surface area (Å²) in [6, 6.07) is 7.79. The van der Waals surface area contributed by atoms with Crippen LogP contribution in [-0.2, 0) is 16.1 Å². The Balaban J connectivity index is 2.48. The number of para-hydroxylation sites is 1. The molecule has 0 atom stereocenters. The fourth-order valence-corrected chi connectivity index (χ4v) is 1.78. The predicted molar refractivity (Wildman–Crippen MR) is 78.8 cm³/mol. The maximum atomic E-state index is 12.0. The summed E-state index contributed by atoms with van der Waals surface area (Å²) in [6.07, 6.45) is 0. The molecule has 0 bridgehead atoms. The van der Waals surface area contributed by atoms with Crippen molar-refractivity contribution in [1.29, 1.82) is 0 Å². The highest BCUT2D eigenvalue weighted by atomic mass is 16.5. The lowest BCUT2D eigenvalue weighted by molar-refractivity contribution is -0.129. The van der Waals surface area contributed by atoms with Crippen molar-refractivity contribution in [3.8, 4) is 5.75 Å². The summed E-state index contributed by atoms with van der Waals surface area (Å²) in [7, 11) is 3.43. The van der Waals surface area contributed by atoms with Gasteiger partial charge in [0.15, 0.2) is 0 Å². The summed E-state index contributed by atoms with van der Waals surface area (Å²) in [5, 5.41) is 3.05. The Morgan fingerprint density at radius 2 is 2.10 bits per heavy atom. The Hall–Kier alpha value is -1.59. The second-order valence-corrected chi connectivity index (χ2v) is 4.46. The third-order valence-electron chi connectivity index (χ3n) is 2.86. The van der Waals surface area contributed by atoms with Crippen LogP contribution < -0.4 is 10.1 Å². The fraction of sp³-hybridized carbons (Fsp3) is 0.533. The quantitative estimate of drug-likeness (QED) is 0.692. The van der Waals surface area contributed by atoms with Crippen LogP contribution in [0.2, 0.25) is 0 Å². The predicted octanol–water partition coefficient (Wildman–Crippen LogP) is 1.28. The van der Waals surface area contributed by atoms with Gasteiger partial charge in [0.25, 0.3) is 0 Å². The van der Waals surface area contributed by atoms with Crippen LogP contribution >= 0.6 is 0 Å². The van der Waals surface area contributed by atoms with Crippen molar-refractivity contribution in [2.45, 2.75) is 13.5 Å². The lowest BCUT2D eigenvalue weighted by Gasteiger charge is -2.19. The van der Waals surface area contributed by atoms with Crippen LogP contribution in [0.1, 0.15) is 12.5 Å². The van der Waals surface area contributed by atoms with E-state index in [0.717, 1.165) is 11.3 Å². The first-order valence-electron chi connectivity index (χ1n) is 6.83. The van der Waals surface area contributed by atoms with Gasteiger partial charge < -0.3 is 19.7 Å². The third kappa shape index (κ3) is 5.59. The summed E-state index contributed by atoms with van der Waals surface area (Å²) >= 11 is 0. The van der Waals surface area contributed by atoms with Crippen molar-refractivity contribution in [2.24, 2.45) is 0 Å². The first-order chi connectivity index (χ1) is 9.69. The van der Waals surface area contributed by atoms with Gasteiger partial charge in [0.2, 0.25) is 5.91 Å². The molecular weight excluding hydrogens is 256 g/mol. The first-order valence-corrected chi connectivity index (χ1v) is 6.83. The van der Waals surface area contributed by atoms with Gasteiger partial charge in [0, 0.05) is 32.8 Å². The van der Waals surface area contributed by atoms with E-state index in [2.05, 4.69) is 5.32 Å². The summed E-state index contributed by atoms with van der Waals surface area (Å²) in [6.45, 7) is 4.70. The summed E-state index contributed by atoms with van der Waals surface area (Å²) in [5.74, 6) is 0.884. The molecule has 1 N–H and O–H groups in total. The van der Waals surface area contributed by atoms with E-state index >= 15 is 0 Å². The van der Waals surface area contributed by atoms with Gasteiger partial charge in [0.05, 0.1) is 19.8 Å². The molecule has 1 aromatic rings. The van der Waals surface area contributed by atoms with Crippen molar-refractivity contribution < 1.29 is 14.3 Å². The molecular formula is C15H24N2O3. The monoisotopic (exact) mass is 280 g/mol. The largest absolute Gasteiger partial charge is 0.494 e. The van der Waals surface area contributed by atoms with Gasteiger partial charge in [-0.3, -0.25) is 4.79 Å². The van der Waals surface area contributed by atoms with Crippen molar-refractivity contribution in [1.82, 2.24) is 10.2 Å². The number of amides is 1. The molecule has 20 heavy (non-hydrogen) atoms. The van der Waals surface area contributed by atoms with Crippen molar-refractivity contribution >= 4 is 5.91 Å². The molecule has 0 saturated heterocycles. The first kappa shape index (κ1) is 16.5. The standard InChI is InChI=1S/C15H24N2O3/c1-4-20-14-8-6-5-7-13(14)12-17(2)15(18)11-16-9-10-19-3/h5-8,16H,4,9-12H2,1-3H3. The third-order valence-corrected chi connectivity index (χ3v) is 2.86. The normalized spacial score (nSPS) is 10.3. The molecule has 5 nitrogen and oxygen atoms in total. The van der Waals surface area contributed by atoms with Gasteiger partial charge in [0.1, 0.15) is 5.75 Å². The van der Waals surface area contributed by atoms with Crippen molar-refractivity contribution in [3.63, 3.8) is 0 Å². The highest BCUT2D eigenvalue weighted by Gasteiger charge is 2.11. The van der Waals surface area contributed by atoms with E-state index in [0.29, 0.717) is 32.8 Å². The zero-order valence-corrected chi connectivity index (χ0v) is 12.5. The number of likely N-dealkylation sites (N-methyl/N-ethyl adjacent to an activating group) is 1. The SMILES string of the molecule is CCOc1ccccc1CN(C)C(=O)CNCCOC. The Bertz CT molecular complexity index is 410. The molecule has 1 rings (SSSR count). The minimum absolute atomic E-state index is 0.0485. The molecule has 0 aliphatic heterocycles. The number of carbonyl (C=O) groups excluding carboxylic acids is 1. The van der Waals surface area contributed by atoms with Gasteiger partial charge in [-0.25, -0.2) is 0 Å². The lowest BCUT2D eigenvalue weighted by atomic mass is 10.2. The van der Waals surface area contributed by atoms with Crippen LogP contribution in [0.15, 0.2) is 24.3 Å².